The van der Waals surface area contributed by atoms with E-state index in [1.165, 1.54) is 0 Å². The molecule has 0 aliphatic carbocycles. The highest BCUT2D eigenvalue weighted by atomic mass is 16.5. The molecular formula is C17H22N4O4. The van der Waals surface area contributed by atoms with Crippen LogP contribution in [0.4, 0.5) is 4.79 Å². The summed E-state index contributed by atoms with van der Waals surface area (Å²) in [6.45, 7) is 4.06. The lowest BCUT2D eigenvalue weighted by atomic mass is 10.2. The van der Waals surface area contributed by atoms with Gasteiger partial charge in [-0.3, -0.25) is 10.1 Å². The first-order valence-electron chi connectivity index (χ1n) is 8.25. The van der Waals surface area contributed by atoms with Crippen LogP contribution >= 0.6 is 0 Å². The van der Waals surface area contributed by atoms with Crippen LogP contribution in [0.15, 0.2) is 28.8 Å². The molecule has 0 fully saturated rings. The van der Waals surface area contributed by atoms with E-state index in [0.29, 0.717) is 24.0 Å². The van der Waals surface area contributed by atoms with Gasteiger partial charge in [0.05, 0.1) is 0 Å². The normalized spacial score (nSPS) is 10.3. The third-order valence-electron chi connectivity index (χ3n) is 3.29. The fourth-order valence-electron chi connectivity index (χ4n) is 2.02. The van der Waals surface area contributed by atoms with Crippen LogP contribution in [0.5, 0.6) is 5.75 Å². The molecule has 0 saturated carbocycles. The molecule has 1 heterocycles. The van der Waals surface area contributed by atoms with Crippen LogP contribution in [-0.2, 0) is 11.2 Å². The Kier molecular flexibility index (Phi) is 6.94. The first-order chi connectivity index (χ1) is 12.1. The number of benzene rings is 1. The van der Waals surface area contributed by atoms with E-state index < -0.39 is 11.9 Å². The number of aromatic nitrogens is 2. The minimum atomic E-state index is -0.539. The first kappa shape index (κ1) is 18.4. The van der Waals surface area contributed by atoms with Crippen LogP contribution < -0.4 is 15.4 Å². The standard InChI is InChI=1S/C17H22N4O4/c1-3-5-6-15-20-16(21-25-15)12-7-9-13(10-8-12)24-11-14(22)19-17(23)18-4-2/h7-10H,3-6,11H2,1-2H3,(H2,18,19,22,23). The topological polar surface area (TPSA) is 106 Å². The average molecular weight is 346 g/mol. The average Bonchev–Trinajstić information content (AvgIpc) is 3.07. The highest BCUT2D eigenvalue weighted by Gasteiger charge is 2.10. The zero-order chi connectivity index (χ0) is 18.1. The van der Waals surface area contributed by atoms with E-state index in [0.717, 1.165) is 24.8 Å². The van der Waals surface area contributed by atoms with Gasteiger partial charge in [0.25, 0.3) is 5.91 Å². The predicted octanol–water partition coefficient (Wildman–Crippen LogP) is 2.30. The molecule has 134 valence electrons. The third-order valence-corrected chi connectivity index (χ3v) is 3.29. The number of carbonyl (C=O) groups is 2. The van der Waals surface area contributed by atoms with E-state index in [9.17, 15) is 9.59 Å². The Labute approximate surface area is 145 Å². The van der Waals surface area contributed by atoms with E-state index in [1.807, 2.05) is 0 Å². The van der Waals surface area contributed by atoms with Crippen LogP contribution in [0.3, 0.4) is 0 Å². The lowest BCUT2D eigenvalue weighted by molar-refractivity contribution is -0.122. The fourth-order valence-corrected chi connectivity index (χ4v) is 2.02. The summed E-state index contributed by atoms with van der Waals surface area (Å²) in [5.41, 5.74) is 0.797. The van der Waals surface area contributed by atoms with Crippen LogP contribution in [-0.4, -0.2) is 35.2 Å². The molecule has 0 radical (unpaired) electrons. The van der Waals surface area contributed by atoms with Gasteiger partial charge in [0.2, 0.25) is 11.7 Å². The summed E-state index contributed by atoms with van der Waals surface area (Å²) in [6.07, 6.45) is 2.84. The number of nitrogens with zero attached hydrogens (tertiary/aromatic N) is 2. The number of ether oxygens (including phenoxy) is 1. The molecule has 8 nitrogen and oxygen atoms in total. The van der Waals surface area contributed by atoms with Crippen molar-refractivity contribution in [2.75, 3.05) is 13.2 Å². The number of amides is 3. The van der Waals surface area contributed by atoms with Gasteiger partial charge in [-0.15, -0.1) is 0 Å². The Morgan fingerprint density at radius 2 is 1.96 bits per heavy atom. The smallest absolute Gasteiger partial charge is 0.321 e. The molecule has 2 aromatic rings. The van der Waals surface area contributed by atoms with E-state index >= 15 is 0 Å². The summed E-state index contributed by atoms with van der Waals surface area (Å²) in [5, 5.41) is 8.58. The van der Waals surface area contributed by atoms with E-state index in [4.69, 9.17) is 9.26 Å². The summed E-state index contributed by atoms with van der Waals surface area (Å²) < 4.78 is 10.5. The van der Waals surface area contributed by atoms with Gasteiger partial charge in [-0.05, 0) is 37.6 Å². The Morgan fingerprint density at radius 1 is 1.20 bits per heavy atom. The van der Waals surface area contributed by atoms with Gasteiger partial charge in [-0.2, -0.15) is 4.98 Å². The van der Waals surface area contributed by atoms with Gasteiger partial charge < -0.3 is 14.6 Å². The molecule has 0 aliphatic rings. The fraction of sp³-hybridized carbons (Fsp3) is 0.412. The van der Waals surface area contributed by atoms with Crippen LogP contribution in [0, 0.1) is 0 Å². The van der Waals surface area contributed by atoms with Crippen molar-refractivity contribution in [2.45, 2.75) is 33.1 Å². The lowest BCUT2D eigenvalue weighted by Crippen LogP contribution is -2.41. The number of urea groups is 1. The number of carbonyl (C=O) groups excluding carboxylic acids is 2. The predicted molar refractivity (Wildman–Crippen MR) is 91.1 cm³/mol. The van der Waals surface area contributed by atoms with Crippen LogP contribution in [0.2, 0.25) is 0 Å². The van der Waals surface area contributed by atoms with Crippen molar-refractivity contribution >= 4 is 11.9 Å². The molecule has 25 heavy (non-hydrogen) atoms. The largest absolute Gasteiger partial charge is 0.484 e. The second kappa shape index (κ2) is 9.41. The van der Waals surface area contributed by atoms with Gasteiger partial charge >= 0.3 is 6.03 Å². The maximum absolute atomic E-state index is 11.5. The summed E-state index contributed by atoms with van der Waals surface area (Å²) in [4.78, 5) is 27.1. The molecule has 0 spiro atoms. The van der Waals surface area contributed by atoms with E-state index in [1.54, 1.807) is 31.2 Å². The number of unbranched alkanes of at least 4 members (excludes halogenated alkanes) is 1. The van der Waals surface area contributed by atoms with Crippen molar-refractivity contribution in [3.05, 3.63) is 30.2 Å². The second-order valence-corrected chi connectivity index (χ2v) is 5.34. The van der Waals surface area contributed by atoms with Gasteiger partial charge in [-0.1, -0.05) is 18.5 Å². The van der Waals surface area contributed by atoms with Gasteiger partial charge in [0.15, 0.2) is 6.61 Å². The molecular weight excluding hydrogens is 324 g/mol. The molecule has 2 N–H and O–H groups in total. The molecule has 0 atom stereocenters. The molecule has 1 aromatic heterocycles. The van der Waals surface area contributed by atoms with Crippen molar-refractivity contribution in [3.8, 4) is 17.1 Å². The Balaban J connectivity index is 1.86. The zero-order valence-corrected chi connectivity index (χ0v) is 14.4. The summed E-state index contributed by atoms with van der Waals surface area (Å²) in [6, 6.07) is 6.44. The Hall–Kier alpha value is -2.90. The third kappa shape index (κ3) is 5.91. The molecule has 0 aliphatic heterocycles. The first-order valence-corrected chi connectivity index (χ1v) is 8.25. The molecule has 1 aromatic carbocycles. The van der Waals surface area contributed by atoms with E-state index in [2.05, 4.69) is 27.7 Å². The van der Waals surface area contributed by atoms with Crippen LogP contribution in [0.1, 0.15) is 32.6 Å². The van der Waals surface area contributed by atoms with Crippen molar-refractivity contribution in [3.63, 3.8) is 0 Å². The highest BCUT2D eigenvalue weighted by molar-refractivity contribution is 5.94. The number of nitrogens with one attached hydrogen (secondary N) is 2. The number of imide groups is 1. The second-order valence-electron chi connectivity index (χ2n) is 5.34. The Morgan fingerprint density at radius 3 is 2.64 bits per heavy atom. The maximum atomic E-state index is 11.5. The van der Waals surface area contributed by atoms with Crippen LogP contribution in [0.25, 0.3) is 11.4 Å². The van der Waals surface area contributed by atoms with Gasteiger partial charge in [0, 0.05) is 18.5 Å². The quantitative estimate of drug-likeness (QED) is 0.759. The summed E-state index contributed by atoms with van der Waals surface area (Å²) in [5.74, 6) is 1.13. The minimum Gasteiger partial charge on any atom is -0.484 e. The molecule has 3 amide bonds. The zero-order valence-electron chi connectivity index (χ0n) is 14.4. The molecule has 2 rings (SSSR count). The SMILES string of the molecule is CCCCc1nc(-c2ccc(OCC(=O)NC(=O)NCC)cc2)no1. The lowest BCUT2D eigenvalue weighted by Gasteiger charge is -2.07. The number of hydrogen-bond donors (Lipinski definition) is 2. The number of hydrogen-bond acceptors (Lipinski definition) is 6. The molecule has 0 unspecified atom stereocenters. The molecule has 0 saturated heterocycles. The summed E-state index contributed by atoms with van der Waals surface area (Å²) >= 11 is 0. The maximum Gasteiger partial charge on any atom is 0.321 e. The number of rotatable bonds is 8. The molecule has 8 heteroatoms. The minimum absolute atomic E-state index is 0.250. The molecule has 0 bridgehead atoms. The number of aryl methyl sites for hydroxylation is 1. The van der Waals surface area contributed by atoms with E-state index in [-0.39, 0.29) is 6.61 Å². The highest BCUT2D eigenvalue weighted by Crippen LogP contribution is 2.20. The summed E-state index contributed by atoms with van der Waals surface area (Å²) in [7, 11) is 0. The van der Waals surface area contributed by atoms with Gasteiger partial charge in [-0.25, -0.2) is 4.79 Å². The van der Waals surface area contributed by atoms with Gasteiger partial charge in [0.1, 0.15) is 5.75 Å². The monoisotopic (exact) mass is 346 g/mol. The van der Waals surface area contributed by atoms with Crippen molar-refractivity contribution in [1.29, 1.82) is 0 Å². The Bertz CT molecular complexity index is 697. The van der Waals surface area contributed by atoms with Crippen molar-refractivity contribution < 1.29 is 18.8 Å². The van der Waals surface area contributed by atoms with Crippen molar-refractivity contribution in [1.82, 2.24) is 20.8 Å². The van der Waals surface area contributed by atoms with Crippen molar-refractivity contribution in [2.24, 2.45) is 0 Å².